The van der Waals surface area contributed by atoms with E-state index < -0.39 is 18.2 Å². The fourth-order valence-electron chi connectivity index (χ4n) is 0.643. The van der Waals surface area contributed by atoms with Crippen molar-refractivity contribution in [3.05, 3.63) is 0 Å². The summed E-state index contributed by atoms with van der Waals surface area (Å²) in [5.74, 6) is -0.987. The normalized spacial score (nSPS) is 9.39. The first-order valence-corrected chi connectivity index (χ1v) is 4.19. The molecule has 18 heavy (non-hydrogen) atoms. The predicted octanol–water partition coefficient (Wildman–Crippen LogP) is -9.99. The summed E-state index contributed by atoms with van der Waals surface area (Å²) in [6, 6.07) is -0.820. The van der Waals surface area contributed by atoms with Gasteiger partial charge in [-0.1, -0.05) is 0 Å². The van der Waals surface area contributed by atoms with Gasteiger partial charge in [-0.25, -0.2) is 0 Å². The predicted molar refractivity (Wildman–Crippen MR) is 50.9 cm³/mol. The third-order valence-corrected chi connectivity index (χ3v) is 1.28. The van der Waals surface area contributed by atoms with Gasteiger partial charge in [-0.15, -0.1) is 0 Å². The molecule has 0 unspecified atom stereocenters. The summed E-state index contributed by atoms with van der Waals surface area (Å²) in [6.07, 6.45) is -1.38. The second kappa shape index (κ2) is 18.2. The minimum absolute atomic E-state index is 0. The van der Waals surface area contributed by atoms with Gasteiger partial charge in [-0.2, -0.15) is 0 Å². The Morgan fingerprint density at radius 1 is 1.22 bits per heavy atom. The van der Waals surface area contributed by atoms with Crippen molar-refractivity contribution in [3.8, 4) is 0 Å². The van der Waals surface area contributed by atoms with Gasteiger partial charge >= 0.3 is 109 Å². The zero-order valence-electron chi connectivity index (χ0n) is 10.5. The fraction of sp³-hybridized carbons (Fsp3) is 0.571. The average molecular weight is 312 g/mol. The number of aliphatic imine (C=N–C) groups is 1. The van der Waals surface area contributed by atoms with E-state index in [0.717, 1.165) is 0 Å². The molecule has 11 heteroatoms. The van der Waals surface area contributed by atoms with E-state index in [1.165, 1.54) is 0 Å². The number of nitrogens with zero attached hydrogens (tertiary/aromatic N) is 1. The van der Waals surface area contributed by atoms with Crippen LogP contribution in [0.15, 0.2) is 4.99 Å². The Morgan fingerprint density at radius 3 is 1.89 bits per heavy atom. The molecular formula is C7H14K2N4O5. The van der Waals surface area contributed by atoms with Gasteiger partial charge < -0.3 is 37.3 Å². The Morgan fingerprint density at radius 2 is 1.61 bits per heavy atom. The maximum absolute atomic E-state index is 10.2. The molecule has 0 saturated carbocycles. The maximum atomic E-state index is 10.2. The largest absolute Gasteiger partial charge is 1.00 e. The summed E-state index contributed by atoms with van der Waals surface area (Å²) in [5, 5.41) is 25.0. The Kier molecular flexibility index (Phi) is 27.9. The summed E-state index contributed by atoms with van der Waals surface area (Å²) in [4.78, 5) is 22.2. The number of hydrogen-bond acceptors (Lipinski definition) is 6. The van der Waals surface area contributed by atoms with Gasteiger partial charge in [0.05, 0.1) is 0 Å². The molecule has 7 N–H and O–H groups in total. The van der Waals surface area contributed by atoms with Crippen LogP contribution in [-0.4, -0.2) is 35.8 Å². The number of aliphatic carboxylic acids is 1. The third-order valence-electron chi connectivity index (χ3n) is 1.28. The Bertz CT molecular complexity index is 256. The van der Waals surface area contributed by atoms with Crippen molar-refractivity contribution in [2.24, 2.45) is 22.2 Å². The first kappa shape index (κ1) is 27.6. The molecule has 0 aliphatic rings. The van der Waals surface area contributed by atoms with Crippen LogP contribution in [0.1, 0.15) is 12.8 Å². The molecule has 0 rings (SSSR count). The van der Waals surface area contributed by atoms with E-state index in [2.05, 4.69) is 4.99 Å². The van der Waals surface area contributed by atoms with Gasteiger partial charge in [0.1, 0.15) is 6.04 Å². The first-order chi connectivity index (χ1) is 7.27. The van der Waals surface area contributed by atoms with Crippen LogP contribution in [0, 0.1) is 0 Å². The fourth-order valence-corrected chi connectivity index (χ4v) is 0.643. The molecule has 0 aromatic carbocycles. The molecule has 9 nitrogen and oxygen atoms in total. The number of carboxylic acids is 1. The van der Waals surface area contributed by atoms with Gasteiger partial charge in [0.25, 0.3) is 0 Å². The number of guanidine groups is 1. The molecule has 0 aliphatic carbocycles. The van der Waals surface area contributed by atoms with Gasteiger partial charge in [0, 0.05) is 6.54 Å². The topological polar surface area (TPSA) is 191 Å². The summed E-state index contributed by atoms with van der Waals surface area (Å²) < 4.78 is 0. The monoisotopic (exact) mass is 312 g/mol. The second-order valence-corrected chi connectivity index (χ2v) is 2.64. The van der Waals surface area contributed by atoms with Gasteiger partial charge in [-0.05, 0) is 19.0 Å². The summed E-state index contributed by atoms with van der Waals surface area (Å²) in [5.41, 5.74) is 15.3. The van der Waals surface area contributed by atoms with E-state index in [9.17, 15) is 4.79 Å². The molecule has 0 radical (unpaired) electrons. The zero-order chi connectivity index (χ0) is 13.1. The SMILES string of the molecule is NC(N)=NCCC[C@H](N)C(=O)O.O=C([O-])[O-].[K+].[K+]. The Hall–Kier alpha value is 1.24. The molecule has 0 amide bonds. The van der Waals surface area contributed by atoms with E-state index in [4.69, 9.17) is 37.3 Å². The van der Waals surface area contributed by atoms with Crippen LogP contribution >= 0.6 is 0 Å². The smallest absolute Gasteiger partial charge is 0.652 e. The molecule has 0 aromatic heterocycles. The van der Waals surface area contributed by atoms with Crippen molar-refractivity contribution in [3.63, 3.8) is 0 Å². The van der Waals surface area contributed by atoms with E-state index >= 15 is 0 Å². The van der Waals surface area contributed by atoms with Crippen molar-refractivity contribution in [2.45, 2.75) is 18.9 Å². The molecule has 0 spiro atoms. The average Bonchev–Trinajstić information content (AvgIpc) is 2.10. The molecule has 0 saturated heterocycles. The minimum Gasteiger partial charge on any atom is -0.652 e. The number of rotatable bonds is 5. The van der Waals surface area contributed by atoms with E-state index in [1.807, 2.05) is 0 Å². The maximum Gasteiger partial charge on any atom is 1.00 e. The van der Waals surface area contributed by atoms with Crippen LogP contribution in [-0.2, 0) is 4.79 Å². The zero-order valence-corrected chi connectivity index (χ0v) is 16.7. The van der Waals surface area contributed by atoms with Crippen LogP contribution in [0.4, 0.5) is 4.79 Å². The summed E-state index contributed by atoms with van der Waals surface area (Å²) in [6.45, 7) is 0.420. The van der Waals surface area contributed by atoms with E-state index in [1.54, 1.807) is 0 Å². The van der Waals surface area contributed by atoms with Crippen LogP contribution in [0.25, 0.3) is 0 Å². The molecule has 0 aromatic rings. The standard InChI is InChI=1S/C6H14N4O2.CH2O3.2K/c7-4(5(11)12)2-1-3-10-6(8)9;2-1(3)4;;/h4H,1-3,7H2,(H,11,12)(H4,8,9,10);(H2,2,3,4);;/q;;2*+1/p-2/t4-;;;/m0.../s1. The Balaban J connectivity index is -0.000000143. The molecule has 94 valence electrons. The van der Waals surface area contributed by atoms with Gasteiger partial charge in [0.2, 0.25) is 0 Å². The molecule has 0 fully saturated rings. The van der Waals surface area contributed by atoms with Crippen LogP contribution in [0.5, 0.6) is 0 Å². The number of carbonyl (C=O) groups is 2. The van der Waals surface area contributed by atoms with Crippen LogP contribution in [0.2, 0.25) is 0 Å². The first-order valence-electron chi connectivity index (χ1n) is 4.19. The molecule has 0 heterocycles. The van der Waals surface area contributed by atoms with E-state index in [0.29, 0.717) is 19.4 Å². The quantitative estimate of drug-likeness (QED) is 0.166. The summed E-state index contributed by atoms with van der Waals surface area (Å²) >= 11 is 0. The molecule has 0 bridgehead atoms. The van der Waals surface area contributed by atoms with Crippen molar-refractivity contribution in [1.82, 2.24) is 0 Å². The number of nitrogens with two attached hydrogens (primary N) is 3. The van der Waals surface area contributed by atoms with Crippen molar-refractivity contribution in [1.29, 1.82) is 0 Å². The van der Waals surface area contributed by atoms with E-state index in [-0.39, 0.29) is 109 Å². The minimum atomic E-state index is -2.33. The third kappa shape index (κ3) is 30.4. The molecular weight excluding hydrogens is 298 g/mol. The Labute approximate surface area is 189 Å². The molecule has 1 atom stereocenters. The number of carbonyl (C=O) groups excluding carboxylic acids is 1. The second-order valence-electron chi connectivity index (χ2n) is 2.64. The van der Waals surface area contributed by atoms with Crippen molar-refractivity contribution in [2.75, 3.05) is 6.54 Å². The molecule has 0 aliphatic heterocycles. The van der Waals surface area contributed by atoms with Gasteiger partial charge in [-0.3, -0.25) is 9.79 Å². The van der Waals surface area contributed by atoms with Gasteiger partial charge in [0.15, 0.2) is 5.96 Å². The van der Waals surface area contributed by atoms with Crippen LogP contribution in [0.3, 0.4) is 0 Å². The summed E-state index contributed by atoms with van der Waals surface area (Å²) in [7, 11) is 0. The van der Waals surface area contributed by atoms with Crippen molar-refractivity contribution >= 4 is 18.1 Å². The van der Waals surface area contributed by atoms with Crippen molar-refractivity contribution < 1.29 is 128 Å². The van der Waals surface area contributed by atoms with Crippen LogP contribution < -0.4 is 130 Å². The number of carboxylic acid groups (broad SMARTS) is 3. The number of hydrogen-bond donors (Lipinski definition) is 4.